The average Bonchev–Trinajstić information content (AvgIpc) is 2.61. The molecule has 2 heterocycles. The highest BCUT2D eigenvalue weighted by molar-refractivity contribution is 9.10. The molecule has 0 fully saturated rings. The predicted molar refractivity (Wildman–Crippen MR) is 101 cm³/mol. The third kappa shape index (κ3) is 4.08. The van der Waals surface area contributed by atoms with E-state index in [-0.39, 0.29) is 0 Å². The van der Waals surface area contributed by atoms with Gasteiger partial charge in [-0.15, -0.1) is 10.2 Å². The smallest absolute Gasteiger partial charge is 0.149 e. The Morgan fingerprint density at radius 1 is 1.04 bits per heavy atom. The van der Waals surface area contributed by atoms with E-state index < -0.39 is 0 Å². The van der Waals surface area contributed by atoms with Crippen LogP contribution in [0.4, 0.5) is 11.5 Å². The van der Waals surface area contributed by atoms with E-state index in [0.29, 0.717) is 6.54 Å². The molecule has 0 unspecified atom stereocenters. The van der Waals surface area contributed by atoms with Gasteiger partial charge in [0.15, 0.2) is 0 Å². The first-order chi connectivity index (χ1) is 11.6. The van der Waals surface area contributed by atoms with E-state index in [0.717, 1.165) is 32.9 Å². The molecule has 0 amide bonds. The molecule has 6 heteroatoms. The van der Waals surface area contributed by atoms with Gasteiger partial charge < -0.3 is 10.2 Å². The van der Waals surface area contributed by atoms with Crippen LogP contribution in [0.25, 0.3) is 11.3 Å². The summed E-state index contributed by atoms with van der Waals surface area (Å²) in [5, 5.41) is 11.8. The van der Waals surface area contributed by atoms with Crippen LogP contribution in [0.15, 0.2) is 59.2 Å². The predicted octanol–water partition coefficient (Wildman–Crippen LogP) is 3.98. The maximum Gasteiger partial charge on any atom is 0.149 e. The van der Waals surface area contributed by atoms with Crippen LogP contribution in [0.1, 0.15) is 5.69 Å². The van der Waals surface area contributed by atoms with Gasteiger partial charge in [-0.1, -0.05) is 28.1 Å². The maximum absolute atomic E-state index is 4.37. The fourth-order valence-electron chi connectivity index (χ4n) is 2.25. The quantitative estimate of drug-likeness (QED) is 0.721. The van der Waals surface area contributed by atoms with E-state index in [2.05, 4.69) is 47.4 Å². The molecule has 0 saturated carbocycles. The van der Waals surface area contributed by atoms with Crippen molar-refractivity contribution >= 4 is 27.4 Å². The Labute approximate surface area is 149 Å². The van der Waals surface area contributed by atoms with Crippen LogP contribution < -0.4 is 10.2 Å². The molecule has 122 valence electrons. The van der Waals surface area contributed by atoms with E-state index in [1.165, 1.54) is 0 Å². The molecule has 1 aromatic carbocycles. The summed E-state index contributed by atoms with van der Waals surface area (Å²) in [7, 11) is 4.03. The Balaban J connectivity index is 1.67. The lowest BCUT2D eigenvalue weighted by Gasteiger charge is -2.13. The summed E-state index contributed by atoms with van der Waals surface area (Å²) in [6.45, 7) is 0.604. The summed E-state index contributed by atoms with van der Waals surface area (Å²) in [5.74, 6) is 0.728. The Morgan fingerprint density at radius 3 is 2.62 bits per heavy atom. The van der Waals surface area contributed by atoms with Crippen molar-refractivity contribution in [2.45, 2.75) is 6.54 Å². The molecule has 2 aromatic heterocycles. The number of hydrogen-bond donors (Lipinski definition) is 1. The molecule has 0 spiro atoms. The van der Waals surface area contributed by atoms with E-state index in [9.17, 15) is 0 Å². The topological polar surface area (TPSA) is 53.9 Å². The first-order valence-electron chi connectivity index (χ1n) is 7.57. The molecule has 0 aliphatic rings. The number of halogens is 1. The van der Waals surface area contributed by atoms with Gasteiger partial charge >= 0.3 is 0 Å². The molecule has 1 N–H and O–H groups in total. The van der Waals surface area contributed by atoms with E-state index >= 15 is 0 Å². The molecule has 3 rings (SSSR count). The number of benzene rings is 1. The Morgan fingerprint density at radius 2 is 1.92 bits per heavy atom. The third-order valence-electron chi connectivity index (χ3n) is 3.55. The van der Waals surface area contributed by atoms with Gasteiger partial charge in [0.05, 0.1) is 17.9 Å². The monoisotopic (exact) mass is 383 g/mol. The van der Waals surface area contributed by atoms with Crippen molar-refractivity contribution in [1.29, 1.82) is 0 Å². The summed E-state index contributed by atoms with van der Waals surface area (Å²) in [6, 6.07) is 15.9. The lowest BCUT2D eigenvalue weighted by atomic mass is 10.1. The molecular formula is C18H18BrN5. The van der Waals surface area contributed by atoms with Crippen molar-refractivity contribution in [2.75, 3.05) is 24.3 Å². The standard InChI is InChI=1S/C18H18BrN5/c1-24(2)16-8-9-20-15(11-16)12-21-18-7-6-17(22-23-18)13-4-3-5-14(19)10-13/h3-11H,12H2,1-2H3,(H,21,23). The van der Waals surface area contributed by atoms with Gasteiger partial charge in [0, 0.05) is 36.0 Å². The van der Waals surface area contributed by atoms with Crippen molar-refractivity contribution in [3.63, 3.8) is 0 Å². The van der Waals surface area contributed by atoms with Crippen LogP contribution in [0, 0.1) is 0 Å². The fourth-order valence-corrected chi connectivity index (χ4v) is 2.65. The largest absolute Gasteiger partial charge is 0.378 e. The van der Waals surface area contributed by atoms with E-state index in [1.54, 1.807) is 0 Å². The van der Waals surface area contributed by atoms with Gasteiger partial charge in [0.1, 0.15) is 5.82 Å². The molecule has 5 nitrogen and oxygen atoms in total. The zero-order chi connectivity index (χ0) is 16.9. The molecule has 3 aromatic rings. The Hall–Kier alpha value is -2.47. The second kappa shape index (κ2) is 7.40. The highest BCUT2D eigenvalue weighted by Crippen LogP contribution is 2.21. The van der Waals surface area contributed by atoms with Gasteiger partial charge in [0.2, 0.25) is 0 Å². The molecule has 0 bridgehead atoms. The number of pyridine rings is 1. The second-order valence-electron chi connectivity index (χ2n) is 5.57. The highest BCUT2D eigenvalue weighted by Gasteiger charge is 2.03. The zero-order valence-corrected chi connectivity index (χ0v) is 15.2. The van der Waals surface area contributed by atoms with Crippen molar-refractivity contribution in [3.8, 4) is 11.3 Å². The van der Waals surface area contributed by atoms with Gasteiger partial charge in [0.25, 0.3) is 0 Å². The second-order valence-corrected chi connectivity index (χ2v) is 6.48. The van der Waals surface area contributed by atoms with Crippen molar-refractivity contribution in [1.82, 2.24) is 15.2 Å². The van der Waals surface area contributed by atoms with Crippen molar-refractivity contribution < 1.29 is 0 Å². The molecule has 0 atom stereocenters. The van der Waals surface area contributed by atoms with Crippen molar-refractivity contribution in [3.05, 3.63) is 64.9 Å². The number of hydrogen-bond acceptors (Lipinski definition) is 5. The van der Waals surface area contributed by atoms with E-state index in [1.807, 2.05) is 62.8 Å². The summed E-state index contributed by atoms with van der Waals surface area (Å²) >= 11 is 3.47. The van der Waals surface area contributed by atoms with Gasteiger partial charge in [-0.05, 0) is 36.4 Å². The maximum atomic E-state index is 4.37. The normalized spacial score (nSPS) is 10.5. The number of anilines is 2. The first kappa shape index (κ1) is 16.4. The lowest BCUT2D eigenvalue weighted by Crippen LogP contribution is -2.10. The fraction of sp³-hybridized carbons (Fsp3) is 0.167. The van der Waals surface area contributed by atoms with Crippen LogP contribution in [0.3, 0.4) is 0 Å². The summed E-state index contributed by atoms with van der Waals surface area (Å²) < 4.78 is 1.02. The summed E-state index contributed by atoms with van der Waals surface area (Å²) in [6.07, 6.45) is 1.81. The minimum Gasteiger partial charge on any atom is -0.378 e. The van der Waals surface area contributed by atoms with Crippen LogP contribution in [0.2, 0.25) is 0 Å². The van der Waals surface area contributed by atoms with Crippen LogP contribution in [0.5, 0.6) is 0 Å². The molecule has 0 aliphatic heterocycles. The van der Waals surface area contributed by atoms with Gasteiger partial charge in [-0.25, -0.2) is 0 Å². The Kier molecular flexibility index (Phi) is 5.05. The first-order valence-corrected chi connectivity index (χ1v) is 8.37. The number of rotatable bonds is 5. The van der Waals surface area contributed by atoms with Crippen molar-refractivity contribution in [2.24, 2.45) is 0 Å². The molecule has 0 saturated heterocycles. The molecule has 24 heavy (non-hydrogen) atoms. The average molecular weight is 384 g/mol. The minimum absolute atomic E-state index is 0.604. The van der Waals surface area contributed by atoms with E-state index in [4.69, 9.17) is 0 Å². The minimum atomic E-state index is 0.604. The number of aromatic nitrogens is 3. The summed E-state index contributed by atoms with van der Waals surface area (Å²) in [4.78, 5) is 6.42. The van der Waals surface area contributed by atoms with Gasteiger partial charge in [-0.2, -0.15) is 0 Å². The Bertz CT molecular complexity index is 818. The number of nitrogens with one attached hydrogen (secondary N) is 1. The third-order valence-corrected chi connectivity index (χ3v) is 4.05. The molecule has 0 aliphatic carbocycles. The number of nitrogens with zero attached hydrogens (tertiary/aromatic N) is 4. The van der Waals surface area contributed by atoms with Crippen LogP contribution in [-0.4, -0.2) is 29.3 Å². The lowest BCUT2D eigenvalue weighted by molar-refractivity contribution is 0.976. The molecular weight excluding hydrogens is 366 g/mol. The summed E-state index contributed by atoms with van der Waals surface area (Å²) in [5.41, 5.74) is 3.95. The zero-order valence-electron chi connectivity index (χ0n) is 13.6. The van der Waals surface area contributed by atoms with Crippen LogP contribution in [-0.2, 0) is 6.54 Å². The molecule has 0 radical (unpaired) electrons. The SMILES string of the molecule is CN(C)c1ccnc(CNc2ccc(-c3cccc(Br)c3)nn2)c1. The highest BCUT2D eigenvalue weighted by atomic mass is 79.9. The van der Waals surface area contributed by atoms with Crippen LogP contribution >= 0.6 is 15.9 Å². The van der Waals surface area contributed by atoms with Gasteiger partial charge in [-0.3, -0.25) is 4.98 Å².